The van der Waals surface area contributed by atoms with Crippen molar-refractivity contribution in [3.63, 3.8) is 0 Å². The maximum Gasteiger partial charge on any atom is 0.274 e. The molecule has 1 aromatic heterocycles. The highest BCUT2D eigenvalue weighted by Crippen LogP contribution is 2.20. The lowest BCUT2D eigenvalue weighted by molar-refractivity contribution is 0.0618. The van der Waals surface area contributed by atoms with Gasteiger partial charge in [-0.05, 0) is 36.8 Å². The van der Waals surface area contributed by atoms with Crippen LogP contribution in [0, 0.1) is 5.82 Å². The minimum Gasteiger partial charge on any atom is -0.383 e. The van der Waals surface area contributed by atoms with Gasteiger partial charge < -0.3 is 9.64 Å². The Bertz CT molecular complexity index is 880. The monoisotopic (exact) mass is 381 g/mol. The zero-order valence-corrected chi connectivity index (χ0v) is 15.2. The molecule has 1 atom stereocenters. The minimum absolute atomic E-state index is 0.0406. The van der Waals surface area contributed by atoms with Gasteiger partial charge in [0, 0.05) is 25.9 Å². The summed E-state index contributed by atoms with van der Waals surface area (Å²) >= 11 is 0. The predicted molar refractivity (Wildman–Crippen MR) is 93.5 cm³/mol. The second kappa shape index (κ2) is 7.55. The first-order valence-corrected chi connectivity index (χ1v) is 10.0. The molecule has 0 N–H and O–H groups in total. The van der Waals surface area contributed by atoms with Gasteiger partial charge in [0.05, 0.1) is 23.8 Å². The number of amides is 1. The highest BCUT2D eigenvalue weighted by Gasteiger charge is 2.35. The number of ether oxygens (including phenoxy) is 1. The molecule has 1 saturated heterocycles. The molecule has 0 aliphatic carbocycles. The van der Waals surface area contributed by atoms with Gasteiger partial charge in [-0.3, -0.25) is 4.79 Å². The Morgan fingerprint density at radius 2 is 2.08 bits per heavy atom. The summed E-state index contributed by atoms with van der Waals surface area (Å²) < 4.78 is 43.1. The number of nitrogens with zero attached hydrogens (tertiary/aromatic N) is 3. The first-order valence-electron chi connectivity index (χ1n) is 8.21. The van der Waals surface area contributed by atoms with E-state index < -0.39 is 9.84 Å². The van der Waals surface area contributed by atoms with Crippen molar-refractivity contribution in [3.8, 4) is 5.69 Å². The third kappa shape index (κ3) is 4.10. The lowest BCUT2D eigenvalue weighted by atomic mass is 10.2. The van der Waals surface area contributed by atoms with E-state index in [1.165, 1.54) is 28.8 Å². The molecule has 1 aliphatic heterocycles. The van der Waals surface area contributed by atoms with Crippen molar-refractivity contribution in [3.05, 3.63) is 48.0 Å². The van der Waals surface area contributed by atoms with Crippen LogP contribution >= 0.6 is 0 Å². The largest absolute Gasteiger partial charge is 0.383 e. The smallest absolute Gasteiger partial charge is 0.274 e. The Balaban J connectivity index is 1.81. The van der Waals surface area contributed by atoms with E-state index in [4.69, 9.17) is 4.74 Å². The Labute approximate surface area is 151 Å². The van der Waals surface area contributed by atoms with Crippen molar-refractivity contribution in [1.29, 1.82) is 0 Å². The van der Waals surface area contributed by atoms with E-state index in [2.05, 4.69) is 5.10 Å². The van der Waals surface area contributed by atoms with Crippen molar-refractivity contribution >= 4 is 15.7 Å². The molecule has 1 amide bonds. The molecule has 2 heterocycles. The third-order valence-electron chi connectivity index (χ3n) is 4.35. The quantitative estimate of drug-likeness (QED) is 0.753. The molecule has 26 heavy (non-hydrogen) atoms. The maximum atomic E-state index is 13.0. The van der Waals surface area contributed by atoms with Crippen molar-refractivity contribution < 1.29 is 22.3 Å². The summed E-state index contributed by atoms with van der Waals surface area (Å²) in [6.07, 6.45) is 2.02. The molecular formula is C17H20FN3O4S. The number of carbonyl (C=O) groups is 1. The van der Waals surface area contributed by atoms with Gasteiger partial charge in [-0.25, -0.2) is 17.5 Å². The van der Waals surface area contributed by atoms with E-state index >= 15 is 0 Å². The van der Waals surface area contributed by atoms with Gasteiger partial charge in [-0.1, -0.05) is 0 Å². The molecule has 1 aromatic carbocycles. The molecular weight excluding hydrogens is 361 g/mol. The Morgan fingerprint density at radius 1 is 1.35 bits per heavy atom. The number of hydrogen-bond donors (Lipinski definition) is 0. The number of sulfone groups is 1. The van der Waals surface area contributed by atoms with Gasteiger partial charge in [-0.15, -0.1) is 0 Å². The van der Waals surface area contributed by atoms with Crippen LogP contribution in [0.3, 0.4) is 0 Å². The molecule has 140 valence electrons. The van der Waals surface area contributed by atoms with E-state index in [0.717, 1.165) is 0 Å². The molecule has 0 spiro atoms. The number of benzene rings is 1. The van der Waals surface area contributed by atoms with Gasteiger partial charge in [0.1, 0.15) is 5.82 Å². The number of rotatable bonds is 6. The summed E-state index contributed by atoms with van der Waals surface area (Å²) in [6, 6.07) is 6.93. The summed E-state index contributed by atoms with van der Waals surface area (Å²) in [4.78, 5) is 14.4. The van der Waals surface area contributed by atoms with Crippen LogP contribution in [0.5, 0.6) is 0 Å². The molecule has 0 bridgehead atoms. The zero-order valence-electron chi connectivity index (χ0n) is 14.3. The van der Waals surface area contributed by atoms with Crippen LogP contribution in [0.4, 0.5) is 4.39 Å². The molecule has 1 unspecified atom stereocenters. The van der Waals surface area contributed by atoms with Crippen molar-refractivity contribution in [2.45, 2.75) is 12.5 Å². The van der Waals surface area contributed by atoms with Crippen LogP contribution in [-0.2, 0) is 14.6 Å². The van der Waals surface area contributed by atoms with Gasteiger partial charge in [-0.2, -0.15) is 5.10 Å². The lowest BCUT2D eigenvalue weighted by Crippen LogP contribution is -2.43. The Hall–Kier alpha value is -2.26. The highest BCUT2D eigenvalue weighted by molar-refractivity contribution is 7.91. The fourth-order valence-electron chi connectivity index (χ4n) is 2.98. The maximum absolute atomic E-state index is 13.0. The van der Waals surface area contributed by atoms with Crippen molar-refractivity contribution in [2.75, 3.05) is 31.8 Å². The second-order valence-corrected chi connectivity index (χ2v) is 8.40. The van der Waals surface area contributed by atoms with E-state index in [1.54, 1.807) is 24.4 Å². The topological polar surface area (TPSA) is 81.5 Å². The fourth-order valence-corrected chi connectivity index (χ4v) is 4.71. The summed E-state index contributed by atoms with van der Waals surface area (Å²) in [5, 5.41) is 4.26. The molecule has 1 fully saturated rings. The van der Waals surface area contributed by atoms with E-state index in [-0.39, 0.29) is 35.0 Å². The van der Waals surface area contributed by atoms with Crippen LogP contribution in [0.25, 0.3) is 5.69 Å². The number of carbonyl (C=O) groups excluding carboxylic acids is 1. The van der Waals surface area contributed by atoms with Gasteiger partial charge in [0.2, 0.25) is 0 Å². The Kier molecular flexibility index (Phi) is 5.38. The number of hydrogen-bond acceptors (Lipinski definition) is 5. The van der Waals surface area contributed by atoms with E-state index in [9.17, 15) is 17.6 Å². The summed E-state index contributed by atoms with van der Waals surface area (Å²) in [7, 11) is -1.59. The zero-order chi connectivity index (χ0) is 18.7. The summed E-state index contributed by atoms with van der Waals surface area (Å²) in [5.74, 6) is -0.657. The molecule has 2 aromatic rings. The standard InChI is InChI=1S/C17H20FN3O4S/c1-25-10-9-20(15-7-11-26(23,24)12-15)17(22)16-6-8-21(19-16)14-4-2-13(18)3-5-14/h2-6,8,15H,7,9-12H2,1H3. The molecule has 7 nitrogen and oxygen atoms in total. The first-order chi connectivity index (χ1) is 12.4. The average molecular weight is 381 g/mol. The van der Waals surface area contributed by atoms with Gasteiger partial charge >= 0.3 is 0 Å². The normalized spacial score (nSPS) is 18.8. The molecule has 1 aliphatic rings. The molecule has 3 rings (SSSR count). The van der Waals surface area contributed by atoms with E-state index in [0.29, 0.717) is 25.3 Å². The fraction of sp³-hybridized carbons (Fsp3) is 0.412. The van der Waals surface area contributed by atoms with Gasteiger partial charge in [0.25, 0.3) is 5.91 Å². The third-order valence-corrected chi connectivity index (χ3v) is 6.10. The van der Waals surface area contributed by atoms with Crippen molar-refractivity contribution in [1.82, 2.24) is 14.7 Å². The lowest BCUT2D eigenvalue weighted by Gasteiger charge is -2.27. The Morgan fingerprint density at radius 3 is 2.69 bits per heavy atom. The highest BCUT2D eigenvalue weighted by atomic mass is 32.2. The SMILES string of the molecule is COCCN(C(=O)c1ccn(-c2ccc(F)cc2)n1)C1CCS(=O)(=O)C1. The summed E-state index contributed by atoms with van der Waals surface area (Å²) in [6.45, 7) is 0.597. The van der Waals surface area contributed by atoms with Crippen LogP contribution in [0.1, 0.15) is 16.9 Å². The predicted octanol–water partition coefficient (Wildman–Crippen LogP) is 1.29. The van der Waals surface area contributed by atoms with Gasteiger partial charge in [0.15, 0.2) is 15.5 Å². The number of halogens is 1. The first kappa shape index (κ1) is 18.5. The molecule has 9 heteroatoms. The minimum atomic E-state index is -3.12. The number of aromatic nitrogens is 2. The molecule has 0 radical (unpaired) electrons. The van der Waals surface area contributed by atoms with Crippen LogP contribution < -0.4 is 0 Å². The molecule has 0 saturated carbocycles. The van der Waals surface area contributed by atoms with E-state index in [1.807, 2.05) is 0 Å². The summed E-state index contributed by atoms with van der Waals surface area (Å²) in [5.41, 5.74) is 0.826. The van der Waals surface area contributed by atoms with Crippen molar-refractivity contribution in [2.24, 2.45) is 0 Å². The average Bonchev–Trinajstić information content (AvgIpc) is 3.23. The van der Waals surface area contributed by atoms with Crippen LogP contribution in [0.15, 0.2) is 36.5 Å². The second-order valence-electron chi connectivity index (χ2n) is 6.17. The van der Waals surface area contributed by atoms with Crippen LogP contribution in [0.2, 0.25) is 0 Å². The number of methoxy groups -OCH3 is 1. The van der Waals surface area contributed by atoms with Crippen LogP contribution in [-0.4, -0.2) is 66.8 Å².